The van der Waals surface area contributed by atoms with E-state index in [4.69, 9.17) is 5.73 Å². The molecule has 1 fully saturated rings. The van der Waals surface area contributed by atoms with Crippen LogP contribution in [0.15, 0.2) is 30.6 Å². The minimum atomic E-state index is 0.357. The first kappa shape index (κ1) is 10.2. The zero-order valence-corrected chi connectivity index (χ0v) is 9.32. The van der Waals surface area contributed by atoms with E-state index in [0.29, 0.717) is 12.1 Å². The summed E-state index contributed by atoms with van der Waals surface area (Å²) in [5.41, 5.74) is 7.79. The molecule has 0 spiro atoms. The quantitative estimate of drug-likeness (QED) is 0.805. The Balaban J connectivity index is 1.75. The summed E-state index contributed by atoms with van der Waals surface area (Å²) in [5.74, 6) is 0. The lowest BCUT2D eigenvalue weighted by atomic mass is 9.87. The standard InChI is InChI=1S/C11H14N6/c12-8-4-10(5-8)14-9-2-1-3-11(6-9)17-7-13-15-16-17/h1-3,6-8,10,14H,4-5,12H2. The Morgan fingerprint density at radius 2 is 2.24 bits per heavy atom. The van der Waals surface area contributed by atoms with E-state index in [9.17, 15) is 0 Å². The number of benzene rings is 1. The number of aromatic nitrogens is 4. The van der Waals surface area contributed by atoms with Gasteiger partial charge >= 0.3 is 0 Å². The third kappa shape index (κ3) is 2.12. The number of rotatable bonds is 3. The number of hydrogen-bond donors (Lipinski definition) is 2. The first-order valence-electron chi connectivity index (χ1n) is 5.67. The maximum Gasteiger partial charge on any atom is 0.143 e. The first-order chi connectivity index (χ1) is 8.31. The van der Waals surface area contributed by atoms with E-state index >= 15 is 0 Å². The fourth-order valence-electron chi connectivity index (χ4n) is 2.03. The number of hydrogen-bond acceptors (Lipinski definition) is 5. The second kappa shape index (κ2) is 4.14. The Labute approximate surface area is 98.8 Å². The summed E-state index contributed by atoms with van der Waals surface area (Å²) in [4.78, 5) is 0. The average Bonchev–Trinajstić information content (AvgIpc) is 2.81. The molecule has 0 unspecified atom stereocenters. The van der Waals surface area contributed by atoms with E-state index in [-0.39, 0.29) is 0 Å². The highest BCUT2D eigenvalue weighted by Crippen LogP contribution is 2.23. The third-order valence-corrected chi connectivity index (χ3v) is 3.01. The van der Waals surface area contributed by atoms with Crippen molar-refractivity contribution in [3.8, 4) is 5.69 Å². The molecule has 3 rings (SSSR count). The van der Waals surface area contributed by atoms with Crippen molar-refractivity contribution in [3.63, 3.8) is 0 Å². The van der Waals surface area contributed by atoms with Crippen LogP contribution in [-0.4, -0.2) is 32.3 Å². The van der Waals surface area contributed by atoms with E-state index in [1.165, 1.54) is 0 Å². The summed E-state index contributed by atoms with van der Waals surface area (Å²) >= 11 is 0. The minimum absolute atomic E-state index is 0.357. The van der Waals surface area contributed by atoms with Gasteiger partial charge in [-0.2, -0.15) is 0 Å². The Kier molecular flexibility index (Phi) is 2.49. The number of nitrogens with one attached hydrogen (secondary N) is 1. The molecule has 1 heterocycles. The summed E-state index contributed by atoms with van der Waals surface area (Å²) in [7, 11) is 0. The monoisotopic (exact) mass is 230 g/mol. The third-order valence-electron chi connectivity index (χ3n) is 3.01. The van der Waals surface area contributed by atoms with Crippen molar-refractivity contribution in [2.45, 2.75) is 24.9 Å². The normalized spacial score (nSPS) is 23.1. The van der Waals surface area contributed by atoms with E-state index < -0.39 is 0 Å². The van der Waals surface area contributed by atoms with Crippen LogP contribution in [0.4, 0.5) is 5.69 Å². The molecule has 88 valence electrons. The highest BCUT2D eigenvalue weighted by Gasteiger charge is 2.25. The number of anilines is 1. The lowest BCUT2D eigenvalue weighted by Gasteiger charge is -2.33. The van der Waals surface area contributed by atoms with Gasteiger partial charge in [-0.15, -0.1) is 5.10 Å². The van der Waals surface area contributed by atoms with Crippen LogP contribution in [0.25, 0.3) is 5.69 Å². The molecule has 17 heavy (non-hydrogen) atoms. The number of nitrogens with zero attached hydrogens (tertiary/aromatic N) is 4. The molecule has 0 bridgehead atoms. The maximum absolute atomic E-state index is 5.76. The van der Waals surface area contributed by atoms with Crippen molar-refractivity contribution in [1.82, 2.24) is 20.2 Å². The molecule has 1 aliphatic carbocycles. The van der Waals surface area contributed by atoms with Crippen LogP contribution >= 0.6 is 0 Å². The lowest BCUT2D eigenvalue weighted by molar-refractivity contribution is 0.373. The maximum atomic E-state index is 5.76. The molecule has 0 radical (unpaired) electrons. The Morgan fingerprint density at radius 3 is 2.94 bits per heavy atom. The number of tetrazole rings is 1. The van der Waals surface area contributed by atoms with Crippen molar-refractivity contribution < 1.29 is 0 Å². The molecule has 1 aromatic carbocycles. The molecule has 0 aliphatic heterocycles. The van der Waals surface area contributed by atoms with E-state index in [1.54, 1.807) is 11.0 Å². The summed E-state index contributed by atoms with van der Waals surface area (Å²) in [6.07, 6.45) is 3.66. The fourth-order valence-corrected chi connectivity index (χ4v) is 2.03. The largest absolute Gasteiger partial charge is 0.382 e. The van der Waals surface area contributed by atoms with E-state index in [2.05, 4.69) is 20.8 Å². The van der Waals surface area contributed by atoms with Crippen LogP contribution in [-0.2, 0) is 0 Å². The van der Waals surface area contributed by atoms with Crippen molar-refractivity contribution >= 4 is 5.69 Å². The van der Waals surface area contributed by atoms with Gasteiger partial charge in [-0.25, -0.2) is 4.68 Å². The number of nitrogens with two attached hydrogens (primary N) is 1. The van der Waals surface area contributed by atoms with Crippen molar-refractivity contribution in [2.75, 3.05) is 5.32 Å². The molecular formula is C11H14N6. The zero-order chi connectivity index (χ0) is 11.7. The van der Waals surface area contributed by atoms with Crippen LogP contribution in [0.5, 0.6) is 0 Å². The van der Waals surface area contributed by atoms with Crippen LogP contribution < -0.4 is 11.1 Å². The lowest BCUT2D eigenvalue weighted by Crippen LogP contribution is -2.44. The van der Waals surface area contributed by atoms with Crippen molar-refractivity contribution in [2.24, 2.45) is 5.73 Å². The van der Waals surface area contributed by atoms with Gasteiger partial charge < -0.3 is 11.1 Å². The van der Waals surface area contributed by atoms with Gasteiger partial charge in [0.2, 0.25) is 0 Å². The van der Waals surface area contributed by atoms with E-state index in [1.807, 2.05) is 24.3 Å². The molecule has 3 N–H and O–H groups in total. The van der Waals surface area contributed by atoms with Gasteiger partial charge in [0.1, 0.15) is 6.33 Å². The molecule has 6 nitrogen and oxygen atoms in total. The van der Waals surface area contributed by atoms with Crippen LogP contribution in [0.3, 0.4) is 0 Å². The Hall–Kier alpha value is -1.95. The summed E-state index contributed by atoms with van der Waals surface area (Å²) in [6, 6.07) is 8.87. The molecule has 1 saturated carbocycles. The van der Waals surface area contributed by atoms with Crippen LogP contribution in [0.1, 0.15) is 12.8 Å². The second-order valence-corrected chi connectivity index (χ2v) is 4.38. The minimum Gasteiger partial charge on any atom is -0.382 e. The van der Waals surface area contributed by atoms with Gasteiger partial charge in [-0.05, 0) is 41.5 Å². The predicted octanol–water partition coefficient (Wildman–Crippen LogP) is 0.564. The molecule has 6 heteroatoms. The Bertz CT molecular complexity index is 488. The van der Waals surface area contributed by atoms with Gasteiger partial charge in [-0.1, -0.05) is 6.07 Å². The molecule has 0 saturated heterocycles. The fraction of sp³-hybridized carbons (Fsp3) is 0.364. The molecule has 1 aromatic heterocycles. The smallest absolute Gasteiger partial charge is 0.143 e. The molecule has 0 amide bonds. The van der Waals surface area contributed by atoms with Crippen molar-refractivity contribution in [3.05, 3.63) is 30.6 Å². The van der Waals surface area contributed by atoms with Crippen LogP contribution in [0, 0.1) is 0 Å². The highest BCUT2D eigenvalue weighted by atomic mass is 15.5. The first-order valence-corrected chi connectivity index (χ1v) is 5.67. The summed E-state index contributed by atoms with van der Waals surface area (Å²) < 4.78 is 1.64. The predicted molar refractivity (Wildman–Crippen MR) is 63.8 cm³/mol. The average molecular weight is 230 g/mol. The molecular weight excluding hydrogens is 216 g/mol. The van der Waals surface area contributed by atoms with Gasteiger partial charge in [0.15, 0.2) is 0 Å². The van der Waals surface area contributed by atoms with Gasteiger partial charge in [0, 0.05) is 17.8 Å². The van der Waals surface area contributed by atoms with Gasteiger partial charge in [0.25, 0.3) is 0 Å². The topological polar surface area (TPSA) is 81.6 Å². The van der Waals surface area contributed by atoms with E-state index in [0.717, 1.165) is 24.2 Å². The SMILES string of the molecule is NC1CC(Nc2cccc(-n3cnnn3)c2)C1. The molecule has 2 aromatic rings. The molecule has 0 atom stereocenters. The zero-order valence-electron chi connectivity index (χ0n) is 9.32. The van der Waals surface area contributed by atoms with Crippen LogP contribution in [0.2, 0.25) is 0 Å². The summed E-state index contributed by atoms with van der Waals surface area (Å²) in [5, 5.41) is 14.6. The van der Waals surface area contributed by atoms with Gasteiger partial charge in [0.05, 0.1) is 5.69 Å². The summed E-state index contributed by atoms with van der Waals surface area (Å²) in [6.45, 7) is 0. The van der Waals surface area contributed by atoms with Crippen molar-refractivity contribution in [1.29, 1.82) is 0 Å². The highest BCUT2D eigenvalue weighted by molar-refractivity contribution is 5.51. The van der Waals surface area contributed by atoms with Gasteiger partial charge in [-0.3, -0.25) is 0 Å². The molecule has 1 aliphatic rings. The second-order valence-electron chi connectivity index (χ2n) is 4.38. The Morgan fingerprint density at radius 1 is 1.35 bits per heavy atom.